The van der Waals surface area contributed by atoms with Crippen LogP contribution in [0.15, 0.2) is 42.5 Å². The lowest BCUT2D eigenvalue weighted by Crippen LogP contribution is -2.53. The molecule has 0 bridgehead atoms. The monoisotopic (exact) mass is 412 g/mol. The van der Waals surface area contributed by atoms with Crippen molar-refractivity contribution in [3.8, 4) is 0 Å². The number of halogens is 1. The Balaban J connectivity index is 1.46. The van der Waals surface area contributed by atoms with Crippen LogP contribution in [0.25, 0.3) is 0 Å². The molecule has 0 aliphatic carbocycles. The number of benzene rings is 2. The number of anilines is 2. The van der Waals surface area contributed by atoms with E-state index in [9.17, 15) is 14.0 Å². The summed E-state index contributed by atoms with van der Waals surface area (Å²) in [5.74, 6) is -0.481. The fourth-order valence-electron chi connectivity index (χ4n) is 3.65. The van der Waals surface area contributed by atoms with Gasteiger partial charge < -0.3 is 10.6 Å². The fourth-order valence-corrected chi connectivity index (χ4v) is 3.65. The third-order valence-corrected chi connectivity index (χ3v) is 5.56. The normalized spacial score (nSPS) is 16.1. The van der Waals surface area contributed by atoms with Crippen molar-refractivity contribution in [3.05, 3.63) is 59.4 Å². The van der Waals surface area contributed by atoms with Crippen molar-refractivity contribution >= 4 is 23.2 Å². The van der Waals surface area contributed by atoms with E-state index in [0.29, 0.717) is 31.9 Å². The number of amides is 2. The summed E-state index contributed by atoms with van der Waals surface area (Å²) in [6.07, 6.45) is 0. The molecule has 1 saturated heterocycles. The van der Waals surface area contributed by atoms with Crippen LogP contribution in [0.3, 0.4) is 0 Å². The predicted molar refractivity (Wildman–Crippen MR) is 117 cm³/mol. The van der Waals surface area contributed by atoms with Crippen LogP contribution in [-0.4, -0.2) is 60.4 Å². The Bertz CT molecular complexity index is 872. The van der Waals surface area contributed by atoms with Crippen LogP contribution in [0.4, 0.5) is 15.8 Å². The molecular formula is C23H29FN4O2. The molecule has 30 heavy (non-hydrogen) atoms. The lowest BCUT2D eigenvalue weighted by molar-refractivity contribution is -0.122. The molecule has 2 aromatic carbocycles. The highest BCUT2D eigenvalue weighted by Gasteiger charge is 2.26. The highest BCUT2D eigenvalue weighted by Crippen LogP contribution is 2.20. The second-order valence-corrected chi connectivity index (χ2v) is 7.80. The minimum absolute atomic E-state index is 0.0186. The Labute approximate surface area is 177 Å². The summed E-state index contributed by atoms with van der Waals surface area (Å²) in [5, 5.41) is 5.85. The van der Waals surface area contributed by atoms with Crippen molar-refractivity contribution < 1.29 is 14.0 Å². The molecule has 1 fully saturated rings. The van der Waals surface area contributed by atoms with Gasteiger partial charge in [-0.05, 0) is 56.2 Å². The smallest absolute Gasteiger partial charge is 0.241 e. The average Bonchev–Trinajstić information content (AvgIpc) is 2.72. The van der Waals surface area contributed by atoms with Gasteiger partial charge in [-0.3, -0.25) is 19.4 Å². The van der Waals surface area contributed by atoms with Crippen molar-refractivity contribution in [2.75, 3.05) is 43.4 Å². The summed E-state index contributed by atoms with van der Waals surface area (Å²) < 4.78 is 13.0. The number of piperazine rings is 1. The summed E-state index contributed by atoms with van der Waals surface area (Å²) in [5.41, 5.74) is 3.56. The Hall–Kier alpha value is -2.77. The SMILES string of the molecule is Cc1cccc(C)c1NC(=O)C(C)N1CCN(CC(=O)Nc2ccc(F)cc2)CC1. The zero-order chi connectivity index (χ0) is 21.7. The Morgan fingerprint density at radius 2 is 1.57 bits per heavy atom. The molecule has 2 amide bonds. The maximum Gasteiger partial charge on any atom is 0.241 e. The van der Waals surface area contributed by atoms with Crippen LogP contribution in [0.1, 0.15) is 18.1 Å². The third-order valence-electron chi connectivity index (χ3n) is 5.56. The van der Waals surface area contributed by atoms with Crippen LogP contribution in [0, 0.1) is 19.7 Å². The van der Waals surface area contributed by atoms with Gasteiger partial charge in [0.05, 0.1) is 12.6 Å². The second kappa shape index (κ2) is 9.82. The van der Waals surface area contributed by atoms with Gasteiger partial charge in [-0.25, -0.2) is 4.39 Å². The molecule has 160 valence electrons. The lowest BCUT2D eigenvalue weighted by Gasteiger charge is -2.37. The van der Waals surface area contributed by atoms with Gasteiger partial charge in [0.15, 0.2) is 0 Å². The van der Waals surface area contributed by atoms with Crippen LogP contribution in [0.2, 0.25) is 0 Å². The molecule has 0 spiro atoms. The van der Waals surface area contributed by atoms with Crippen molar-refractivity contribution in [2.24, 2.45) is 0 Å². The Morgan fingerprint density at radius 1 is 0.967 bits per heavy atom. The topological polar surface area (TPSA) is 64.7 Å². The van der Waals surface area contributed by atoms with E-state index in [-0.39, 0.29) is 30.2 Å². The molecular weight excluding hydrogens is 383 g/mol. The van der Waals surface area contributed by atoms with Crippen LogP contribution >= 0.6 is 0 Å². The molecule has 2 aromatic rings. The number of nitrogens with one attached hydrogen (secondary N) is 2. The van der Waals surface area contributed by atoms with Gasteiger partial charge in [0.25, 0.3) is 0 Å². The molecule has 7 heteroatoms. The maximum absolute atomic E-state index is 13.0. The summed E-state index contributed by atoms with van der Waals surface area (Å²) in [4.78, 5) is 29.2. The molecule has 0 radical (unpaired) electrons. The van der Waals surface area contributed by atoms with Gasteiger partial charge in [-0.2, -0.15) is 0 Å². The number of carbonyl (C=O) groups excluding carboxylic acids is 2. The van der Waals surface area contributed by atoms with E-state index in [1.807, 2.05) is 39.0 Å². The zero-order valence-electron chi connectivity index (χ0n) is 17.7. The van der Waals surface area contributed by atoms with Gasteiger partial charge in [-0.15, -0.1) is 0 Å². The fraction of sp³-hybridized carbons (Fsp3) is 0.391. The van der Waals surface area contributed by atoms with Gasteiger partial charge in [0.1, 0.15) is 5.82 Å². The first kappa shape index (κ1) is 21.9. The van der Waals surface area contributed by atoms with E-state index < -0.39 is 0 Å². The van der Waals surface area contributed by atoms with E-state index in [0.717, 1.165) is 16.8 Å². The van der Waals surface area contributed by atoms with Crippen LogP contribution < -0.4 is 10.6 Å². The van der Waals surface area contributed by atoms with Gasteiger partial charge in [0.2, 0.25) is 11.8 Å². The second-order valence-electron chi connectivity index (χ2n) is 7.80. The average molecular weight is 413 g/mol. The molecule has 1 heterocycles. The first-order valence-electron chi connectivity index (χ1n) is 10.2. The number of aryl methyl sites for hydroxylation is 2. The third kappa shape index (κ3) is 5.64. The molecule has 3 rings (SSSR count). The van der Waals surface area contributed by atoms with E-state index in [1.165, 1.54) is 12.1 Å². The number of carbonyl (C=O) groups is 2. The zero-order valence-corrected chi connectivity index (χ0v) is 17.7. The van der Waals surface area contributed by atoms with Gasteiger partial charge >= 0.3 is 0 Å². The number of para-hydroxylation sites is 1. The Morgan fingerprint density at radius 3 is 2.17 bits per heavy atom. The molecule has 1 unspecified atom stereocenters. The Kier molecular flexibility index (Phi) is 7.18. The van der Waals surface area contributed by atoms with Crippen LogP contribution in [0.5, 0.6) is 0 Å². The minimum atomic E-state index is -0.333. The minimum Gasteiger partial charge on any atom is -0.325 e. The van der Waals surface area contributed by atoms with E-state index >= 15 is 0 Å². The summed E-state index contributed by atoms with van der Waals surface area (Å²) in [6.45, 7) is 9.01. The molecule has 1 atom stereocenters. The predicted octanol–water partition coefficient (Wildman–Crippen LogP) is 3.03. The quantitative estimate of drug-likeness (QED) is 0.766. The van der Waals surface area contributed by atoms with Crippen molar-refractivity contribution in [2.45, 2.75) is 26.8 Å². The van der Waals surface area contributed by atoms with Gasteiger partial charge in [0, 0.05) is 37.6 Å². The highest BCUT2D eigenvalue weighted by molar-refractivity contribution is 5.96. The van der Waals surface area contributed by atoms with E-state index in [2.05, 4.69) is 20.4 Å². The largest absolute Gasteiger partial charge is 0.325 e. The molecule has 1 aliphatic heterocycles. The molecule has 1 aliphatic rings. The first-order chi connectivity index (χ1) is 14.3. The van der Waals surface area contributed by atoms with E-state index in [4.69, 9.17) is 0 Å². The van der Waals surface area contributed by atoms with Crippen molar-refractivity contribution in [3.63, 3.8) is 0 Å². The van der Waals surface area contributed by atoms with E-state index in [1.54, 1.807) is 12.1 Å². The number of nitrogens with zero attached hydrogens (tertiary/aromatic N) is 2. The summed E-state index contributed by atoms with van der Waals surface area (Å²) in [7, 11) is 0. The standard InChI is InChI=1S/C23H29FN4O2/c1-16-5-4-6-17(2)22(16)26-23(30)18(3)28-13-11-27(12-14-28)15-21(29)25-20-9-7-19(24)8-10-20/h4-10,18H,11-15H2,1-3H3,(H,25,29)(H,26,30). The maximum atomic E-state index is 13.0. The first-order valence-corrected chi connectivity index (χ1v) is 10.2. The molecule has 6 nitrogen and oxygen atoms in total. The molecule has 0 saturated carbocycles. The van der Waals surface area contributed by atoms with Gasteiger partial charge in [-0.1, -0.05) is 18.2 Å². The highest BCUT2D eigenvalue weighted by atomic mass is 19.1. The molecule has 2 N–H and O–H groups in total. The molecule has 0 aromatic heterocycles. The number of rotatable bonds is 6. The number of hydrogen-bond acceptors (Lipinski definition) is 4. The van der Waals surface area contributed by atoms with Crippen molar-refractivity contribution in [1.29, 1.82) is 0 Å². The number of hydrogen-bond donors (Lipinski definition) is 2. The summed E-state index contributed by atoms with van der Waals surface area (Å²) in [6, 6.07) is 11.4. The summed E-state index contributed by atoms with van der Waals surface area (Å²) >= 11 is 0. The van der Waals surface area contributed by atoms with Crippen molar-refractivity contribution in [1.82, 2.24) is 9.80 Å². The van der Waals surface area contributed by atoms with Crippen LogP contribution in [-0.2, 0) is 9.59 Å². The lowest BCUT2D eigenvalue weighted by atomic mass is 10.1.